The number of amides is 4. The molecule has 7 N–H and O–H groups in total. The highest BCUT2D eigenvalue weighted by molar-refractivity contribution is 7.80. The number of aryl methyl sites for hydroxylation is 1. The predicted molar refractivity (Wildman–Crippen MR) is 161 cm³/mol. The summed E-state index contributed by atoms with van der Waals surface area (Å²) in [5, 5.41) is 10.7. The molecular formula is C30H34F4N6O3S. The predicted octanol–water partition coefficient (Wildman–Crippen LogP) is 3.99. The molecule has 0 saturated heterocycles. The summed E-state index contributed by atoms with van der Waals surface area (Å²) in [6, 6.07) is 8.27. The number of nitrogens with two attached hydrogens (primary N) is 1. The number of carbonyl (C=O) groups is 3. The number of benzene rings is 2. The lowest BCUT2D eigenvalue weighted by Crippen LogP contribution is -2.65. The van der Waals surface area contributed by atoms with Gasteiger partial charge in [-0.15, -0.1) is 0 Å². The average Bonchev–Trinajstić information content (AvgIpc) is 3.34. The van der Waals surface area contributed by atoms with Gasteiger partial charge in [0.15, 0.2) is 0 Å². The number of nitrogens with one attached hydrogen (secondary N) is 5. The van der Waals surface area contributed by atoms with Crippen LogP contribution in [0.3, 0.4) is 0 Å². The largest absolute Gasteiger partial charge is 0.418 e. The summed E-state index contributed by atoms with van der Waals surface area (Å²) in [4.78, 5) is 42.4. The van der Waals surface area contributed by atoms with Gasteiger partial charge in [-0.25, -0.2) is 9.18 Å². The highest BCUT2D eigenvalue weighted by Gasteiger charge is 2.45. The molecule has 236 valence electrons. The normalized spacial score (nSPS) is 17.7. The first kappa shape index (κ1) is 32.7. The van der Waals surface area contributed by atoms with Gasteiger partial charge in [-0.1, -0.05) is 62.8 Å². The molecule has 0 spiro atoms. The van der Waals surface area contributed by atoms with E-state index in [1.807, 2.05) is 13.8 Å². The number of hydrogen-bond acceptors (Lipinski definition) is 4. The second-order valence-electron chi connectivity index (χ2n) is 11.0. The van der Waals surface area contributed by atoms with Crippen LogP contribution in [0.2, 0.25) is 0 Å². The van der Waals surface area contributed by atoms with Crippen molar-refractivity contribution in [3.05, 3.63) is 70.7 Å². The molecule has 1 aliphatic rings. The van der Waals surface area contributed by atoms with Crippen molar-refractivity contribution >= 4 is 46.0 Å². The number of rotatable bonds is 10. The Hall–Kier alpha value is -4.20. The van der Waals surface area contributed by atoms with Gasteiger partial charge in [0.2, 0.25) is 11.8 Å². The highest BCUT2D eigenvalue weighted by Crippen LogP contribution is 2.40. The number of H-pyrrole nitrogens is 1. The molecule has 9 nitrogen and oxygen atoms in total. The number of alkyl halides is 3. The Bertz CT molecular complexity index is 1580. The van der Waals surface area contributed by atoms with E-state index in [1.54, 1.807) is 6.07 Å². The third-order valence-corrected chi connectivity index (χ3v) is 8.30. The number of aromatic nitrogens is 1. The van der Waals surface area contributed by atoms with Crippen molar-refractivity contribution in [3.63, 3.8) is 0 Å². The Morgan fingerprint density at radius 2 is 1.84 bits per heavy atom. The van der Waals surface area contributed by atoms with Crippen molar-refractivity contribution in [2.45, 2.75) is 63.8 Å². The molecule has 1 heterocycles. The first-order valence-electron chi connectivity index (χ1n) is 14.1. The van der Waals surface area contributed by atoms with Crippen molar-refractivity contribution in [2.24, 2.45) is 11.7 Å². The monoisotopic (exact) mass is 634 g/mol. The van der Waals surface area contributed by atoms with E-state index in [9.17, 15) is 31.9 Å². The summed E-state index contributed by atoms with van der Waals surface area (Å²) in [5.41, 5.74) is 4.67. The maximum absolute atomic E-state index is 13.9. The van der Waals surface area contributed by atoms with Gasteiger partial charge in [0, 0.05) is 29.6 Å². The number of hydrogen-bond donors (Lipinski definition) is 6. The van der Waals surface area contributed by atoms with E-state index in [0.29, 0.717) is 23.1 Å². The first-order chi connectivity index (χ1) is 20.8. The van der Waals surface area contributed by atoms with Crippen molar-refractivity contribution in [2.75, 3.05) is 6.54 Å². The molecule has 4 amide bonds. The number of fused-ring (bicyclic) bond motifs is 3. The smallest absolute Gasteiger partial charge is 0.392 e. The van der Waals surface area contributed by atoms with E-state index in [-0.39, 0.29) is 47.8 Å². The molecule has 0 bridgehead atoms. The topological polar surface area (TPSA) is 141 Å². The second kappa shape index (κ2) is 13.2. The van der Waals surface area contributed by atoms with Crippen LogP contribution in [0.4, 0.5) is 22.4 Å². The number of urea groups is 1. The van der Waals surface area contributed by atoms with Crippen LogP contribution in [0.15, 0.2) is 42.5 Å². The fourth-order valence-corrected chi connectivity index (χ4v) is 5.72. The standard InChI is InChI=1S/C30H34F4N6O3S/c1-3-16(2)24(26(35)44)39-27(42)29(40-23(41)15-37-28(43)36-14-17-7-4-5-10-21(17)31)12-11-22-19(13-29)18-8-6-9-20(25(18)38-22)30(32,33)34/h4-10,16,24,38H,3,11-15H2,1-2H3,(H2,35,44)(H,39,42)(H,40,41)(H2,36,37,43)/t16?,24-,29+/m0/s1. The Morgan fingerprint density at radius 3 is 2.50 bits per heavy atom. The zero-order chi connectivity index (χ0) is 32.2. The summed E-state index contributed by atoms with van der Waals surface area (Å²) in [7, 11) is 0. The van der Waals surface area contributed by atoms with Crippen LogP contribution >= 0.6 is 12.2 Å². The van der Waals surface area contributed by atoms with Crippen molar-refractivity contribution in [1.82, 2.24) is 26.3 Å². The van der Waals surface area contributed by atoms with Crippen LogP contribution in [0, 0.1) is 11.7 Å². The Morgan fingerprint density at radius 1 is 1.11 bits per heavy atom. The number of aromatic amines is 1. The van der Waals surface area contributed by atoms with Crippen molar-refractivity contribution < 1.29 is 31.9 Å². The molecule has 3 aromatic rings. The first-order valence-corrected chi connectivity index (χ1v) is 14.5. The van der Waals surface area contributed by atoms with Gasteiger partial charge in [0.05, 0.1) is 28.7 Å². The Labute approximate surface area is 256 Å². The van der Waals surface area contributed by atoms with Gasteiger partial charge in [-0.05, 0) is 36.5 Å². The fourth-order valence-electron chi connectivity index (χ4n) is 5.42. The van der Waals surface area contributed by atoms with Crippen molar-refractivity contribution in [1.29, 1.82) is 0 Å². The number of para-hydroxylation sites is 1. The van der Waals surface area contributed by atoms with Crippen molar-refractivity contribution in [3.8, 4) is 0 Å². The lowest BCUT2D eigenvalue weighted by molar-refractivity contribution is -0.136. The fraction of sp³-hybridized carbons (Fsp3) is 0.400. The molecule has 0 radical (unpaired) electrons. The minimum Gasteiger partial charge on any atom is -0.392 e. The zero-order valence-corrected chi connectivity index (χ0v) is 25.0. The third kappa shape index (κ3) is 7.12. The highest BCUT2D eigenvalue weighted by atomic mass is 32.1. The van der Waals surface area contributed by atoms with E-state index in [2.05, 4.69) is 26.3 Å². The molecular weight excluding hydrogens is 600 g/mol. The quantitative estimate of drug-likeness (QED) is 0.148. The molecule has 14 heteroatoms. The molecule has 1 aliphatic carbocycles. The second-order valence-corrected chi connectivity index (χ2v) is 11.5. The molecule has 4 rings (SSSR count). The van der Waals surface area contributed by atoms with Crippen LogP contribution in [0.5, 0.6) is 0 Å². The number of halogens is 4. The molecule has 0 saturated carbocycles. The summed E-state index contributed by atoms with van der Waals surface area (Å²) in [6.07, 6.45) is -3.87. The third-order valence-electron chi connectivity index (χ3n) is 8.04. The van der Waals surface area contributed by atoms with Gasteiger partial charge in [-0.3, -0.25) is 9.59 Å². The van der Waals surface area contributed by atoms with E-state index in [0.717, 1.165) is 6.07 Å². The maximum atomic E-state index is 13.9. The van der Waals surface area contributed by atoms with Crippen LogP contribution < -0.4 is 27.0 Å². The minimum atomic E-state index is -4.60. The van der Waals surface area contributed by atoms with E-state index >= 15 is 0 Å². The van der Waals surface area contributed by atoms with Crippen LogP contribution in [0.1, 0.15) is 49.1 Å². The summed E-state index contributed by atoms with van der Waals surface area (Å²) >= 11 is 5.19. The van der Waals surface area contributed by atoms with E-state index < -0.39 is 53.5 Å². The number of carbonyl (C=O) groups excluding carboxylic acids is 3. The zero-order valence-electron chi connectivity index (χ0n) is 24.2. The maximum Gasteiger partial charge on any atom is 0.418 e. The molecule has 0 aliphatic heterocycles. The molecule has 1 aromatic heterocycles. The van der Waals surface area contributed by atoms with Gasteiger partial charge in [0.1, 0.15) is 11.4 Å². The van der Waals surface area contributed by atoms with Crippen LogP contribution in [-0.4, -0.2) is 45.9 Å². The summed E-state index contributed by atoms with van der Waals surface area (Å²) < 4.78 is 55.1. The molecule has 3 atom stereocenters. The lowest BCUT2D eigenvalue weighted by Gasteiger charge is -2.38. The Kier molecular flexibility index (Phi) is 9.81. The minimum absolute atomic E-state index is 0.0514. The van der Waals surface area contributed by atoms with Gasteiger partial charge in [-0.2, -0.15) is 13.2 Å². The van der Waals surface area contributed by atoms with Crippen LogP contribution in [-0.2, 0) is 35.2 Å². The van der Waals surface area contributed by atoms with Gasteiger partial charge < -0.3 is 32.0 Å². The molecule has 0 fully saturated rings. The van der Waals surface area contributed by atoms with E-state index in [1.165, 1.54) is 30.3 Å². The number of thiocarbonyl (C=S) groups is 1. The van der Waals surface area contributed by atoms with Crippen LogP contribution in [0.25, 0.3) is 10.9 Å². The average molecular weight is 635 g/mol. The lowest BCUT2D eigenvalue weighted by atomic mass is 9.78. The Balaban J connectivity index is 1.57. The SMILES string of the molecule is CCC(C)[C@H](NC(=O)[C@@]1(NC(=O)CNC(=O)NCc2ccccc2F)CCc2[nH]c3c(C(F)(F)F)cccc3c2C1)C(N)=S. The van der Waals surface area contributed by atoms with Gasteiger partial charge >= 0.3 is 12.2 Å². The van der Waals surface area contributed by atoms with Gasteiger partial charge in [0.25, 0.3) is 0 Å². The molecule has 2 aromatic carbocycles. The molecule has 1 unspecified atom stereocenters. The molecule has 44 heavy (non-hydrogen) atoms. The summed E-state index contributed by atoms with van der Waals surface area (Å²) in [6.45, 7) is 3.11. The van der Waals surface area contributed by atoms with E-state index in [4.69, 9.17) is 18.0 Å². The summed E-state index contributed by atoms with van der Waals surface area (Å²) in [5.74, 6) is -1.94.